The van der Waals surface area contributed by atoms with Crippen LogP contribution in [0.2, 0.25) is 5.02 Å². The summed E-state index contributed by atoms with van der Waals surface area (Å²) in [4.78, 5) is 14.4. The van der Waals surface area contributed by atoms with Crippen LogP contribution in [0.1, 0.15) is 18.9 Å². The van der Waals surface area contributed by atoms with Gasteiger partial charge in [0.15, 0.2) is 6.10 Å². The van der Waals surface area contributed by atoms with Gasteiger partial charge < -0.3 is 15.4 Å². The lowest BCUT2D eigenvalue weighted by Gasteiger charge is -2.34. The maximum absolute atomic E-state index is 12.7. The van der Waals surface area contributed by atoms with Gasteiger partial charge in [-0.05, 0) is 36.2 Å². The van der Waals surface area contributed by atoms with Gasteiger partial charge in [-0.3, -0.25) is 4.79 Å². The minimum Gasteiger partial charge on any atom is -0.478 e. The molecule has 114 valence electrons. The van der Waals surface area contributed by atoms with E-state index in [0.717, 1.165) is 5.56 Å². The zero-order valence-corrected chi connectivity index (χ0v) is 13.0. The van der Waals surface area contributed by atoms with E-state index in [9.17, 15) is 4.79 Å². The van der Waals surface area contributed by atoms with Crippen LogP contribution in [0.3, 0.4) is 0 Å². The minimum absolute atomic E-state index is 0.0690. The molecule has 0 spiro atoms. The zero-order chi connectivity index (χ0) is 15.7. The van der Waals surface area contributed by atoms with Gasteiger partial charge in [-0.15, -0.1) is 0 Å². The first-order valence-corrected chi connectivity index (χ1v) is 7.59. The van der Waals surface area contributed by atoms with Gasteiger partial charge in [-0.1, -0.05) is 36.7 Å². The Bertz CT molecular complexity index is 718. The highest BCUT2D eigenvalue weighted by atomic mass is 35.5. The Morgan fingerprint density at radius 1 is 1.27 bits per heavy atom. The van der Waals surface area contributed by atoms with E-state index in [1.54, 1.807) is 23.1 Å². The normalized spacial score (nSPS) is 17.1. The fourth-order valence-electron chi connectivity index (χ4n) is 2.56. The molecule has 0 bridgehead atoms. The van der Waals surface area contributed by atoms with Crippen LogP contribution >= 0.6 is 11.6 Å². The number of fused-ring (bicyclic) bond motifs is 1. The Morgan fingerprint density at radius 3 is 2.77 bits per heavy atom. The Hall–Kier alpha value is -2.20. The number of nitrogen functional groups attached to an aromatic ring is 1. The summed E-state index contributed by atoms with van der Waals surface area (Å²) in [6.07, 6.45) is 0.139. The number of carbonyl (C=O) groups excluding carboxylic acids is 1. The van der Waals surface area contributed by atoms with Gasteiger partial charge in [0.25, 0.3) is 5.91 Å². The molecule has 0 aromatic heterocycles. The largest absolute Gasteiger partial charge is 0.478 e. The molecule has 22 heavy (non-hydrogen) atoms. The molecule has 2 aromatic carbocycles. The monoisotopic (exact) mass is 316 g/mol. The van der Waals surface area contributed by atoms with Crippen LogP contribution in [0.4, 0.5) is 11.4 Å². The molecule has 1 amide bonds. The van der Waals surface area contributed by atoms with E-state index >= 15 is 0 Å². The third-order valence-electron chi connectivity index (χ3n) is 3.74. The predicted molar refractivity (Wildman–Crippen MR) is 88.2 cm³/mol. The van der Waals surface area contributed by atoms with Gasteiger partial charge in [0.1, 0.15) is 5.75 Å². The Morgan fingerprint density at radius 2 is 2.05 bits per heavy atom. The number of nitrogens with zero attached hydrogens (tertiary/aromatic N) is 1. The van der Waals surface area contributed by atoms with Crippen molar-refractivity contribution in [3.63, 3.8) is 0 Å². The molecule has 1 aliphatic heterocycles. The summed E-state index contributed by atoms with van der Waals surface area (Å²) < 4.78 is 5.77. The lowest BCUT2D eigenvalue weighted by molar-refractivity contribution is -0.126. The van der Waals surface area contributed by atoms with Gasteiger partial charge >= 0.3 is 0 Å². The highest BCUT2D eigenvalue weighted by Crippen LogP contribution is 2.37. The summed E-state index contributed by atoms with van der Waals surface area (Å²) in [5, 5.41) is 0.639. The standard InChI is InChI=1S/C17H17ClN2O2/c1-2-15-17(21)20(10-11-5-3-4-6-13(11)18)14-9-12(19)7-8-16(14)22-15/h3-9,15H,2,10,19H2,1H3. The van der Waals surface area contributed by atoms with Crippen LogP contribution in [0.25, 0.3) is 0 Å². The maximum Gasteiger partial charge on any atom is 0.268 e. The van der Waals surface area contributed by atoms with Crippen molar-refractivity contribution < 1.29 is 9.53 Å². The number of hydrogen-bond acceptors (Lipinski definition) is 3. The molecule has 1 atom stereocenters. The fraction of sp³-hybridized carbons (Fsp3) is 0.235. The van der Waals surface area contributed by atoms with Crippen LogP contribution < -0.4 is 15.4 Å². The van der Waals surface area contributed by atoms with Crippen LogP contribution in [0.15, 0.2) is 42.5 Å². The minimum atomic E-state index is -0.474. The molecule has 1 heterocycles. The highest BCUT2D eigenvalue weighted by molar-refractivity contribution is 6.31. The lowest BCUT2D eigenvalue weighted by atomic mass is 10.1. The quantitative estimate of drug-likeness (QED) is 0.880. The van der Waals surface area contributed by atoms with Gasteiger partial charge in [0.2, 0.25) is 0 Å². The number of ether oxygens (including phenoxy) is 1. The second-order valence-electron chi connectivity index (χ2n) is 5.26. The third kappa shape index (κ3) is 2.62. The summed E-state index contributed by atoms with van der Waals surface area (Å²) in [7, 11) is 0. The van der Waals surface area contributed by atoms with Crippen molar-refractivity contribution in [2.45, 2.75) is 26.0 Å². The van der Waals surface area contributed by atoms with Crippen LogP contribution in [-0.4, -0.2) is 12.0 Å². The van der Waals surface area contributed by atoms with E-state index in [1.807, 2.05) is 31.2 Å². The van der Waals surface area contributed by atoms with E-state index in [4.69, 9.17) is 22.1 Å². The number of benzene rings is 2. The second-order valence-corrected chi connectivity index (χ2v) is 5.66. The van der Waals surface area contributed by atoms with E-state index in [0.29, 0.717) is 35.1 Å². The molecule has 0 fully saturated rings. The first-order valence-electron chi connectivity index (χ1n) is 7.21. The molecule has 2 aromatic rings. The summed E-state index contributed by atoms with van der Waals surface area (Å²) in [5.41, 5.74) is 8.03. The molecule has 0 radical (unpaired) electrons. The molecular formula is C17H17ClN2O2. The zero-order valence-electron chi connectivity index (χ0n) is 12.3. The van der Waals surface area contributed by atoms with Crippen LogP contribution in [0, 0.1) is 0 Å². The number of nitrogens with two attached hydrogens (primary N) is 1. The SMILES string of the molecule is CCC1Oc2ccc(N)cc2N(Cc2ccccc2Cl)C1=O. The van der Waals surface area contributed by atoms with Crippen molar-refractivity contribution >= 4 is 28.9 Å². The first-order chi connectivity index (χ1) is 10.6. The van der Waals surface area contributed by atoms with Crippen molar-refractivity contribution in [3.8, 4) is 5.75 Å². The highest BCUT2D eigenvalue weighted by Gasteiger charge is 2.33. The topological polar surface area (TPSA) is 55.6 Å². The molecule has 2 N–H and O–H groups in total. The van der Waals surface area contributed by atoms with Crippen molar-refractivity contribution in [2.24, 2.45) is 0 Å². The van der Waals surface area contributed by atoms with E-state index in [1.165, 1.54) is 0 Å². The Kier molecular flexibility index (Phi) is 3.94. The average molecular weight is 317 g/mol. The summed E-state index contributed by atoms with van der Waals surface area (Å²) >= 11 is 6.23. The maximum atomic E-state index is 12.7. The summed E-state index contributed by atoms with van der Waals surface area (Å²) in [6, 6.07) is 12.8. The molecule has 5 heteroatoms. The predicted octanol–water partition coefficient (Wildman–Crippen LogP) is 3.63. The fourth-order valence-corrected chi connectivity index (χ4v) is 2.75. The number of rotatable bonds is 3. The van der Waals surface area contributed by atoms with Crippen molar-refractivity contribution in [2.75, 3.05) is 10.6 Å². The van der Waals surface area contributed by atoms with Crippen molar-refractivity contribution in [1.29, 1.82) is 0 Å². The van der Waals surface area contributed by atoms with Gasteiger partial charge in [-0.2, -0.15) is 0 Å². The number of carbonyl (C=O) groups is 1. The van der Waals surface area contributed by atoms with E-state index in [2.05, 4.69) is 0 Å². The Balaban J connectivity index is 2.03. The molecule has 4 nitrogen and oxygen atoms in total. The van der Waals surface area contributed by atoms with Gasteiger partial charge in [0.05, 0.1) is 12.2 Å². The van der Waals surface area contributed by atoms with Crippen molar-refractivity contribution in [3.05, 3.63) is 53.1 Å². The lowest BCUT2D eigenvalue weighted by Crippen LogP contribution is -2.45. The van der Waals surface area contributed by atoms with Gasteiger partial charge in [-0.25, -0.2) is 0 Å². The third-order valence-corrected chi connectivity index (χ3v) is 4.11. The number of halogens is 1. The number of anilines is 2. The van der Waals surface area contributed by atoms with Crippen LogP contribution in [-0.2, 0) is 11.3 Å². The molecule has 0 saturated heterocycles. The first kappa shape index (κ1) is 14.7. The summed E-state index contributed by atoms with van der Waals surface area (Å²) in [6.45, 7) is 2.33. The molecule has 3 rings (SSSR count). The van der Waals surface area contributed by atoms with E-state index < -0.39 is 6.10 Å². The smallest absolute Gasteiger partial charge is 0.268 e. The molecular weight excluding hydrogens is 300 g/mol. The van der Waals surface area contributed by atoms with E-state index in [-0.39, 0.29) is 5.91 Å². The molecule has 1 unspecified atom stereocenters. The van der Waals surface area contributed by atoms with Crippen molar-refractivity contribution in [1.82, 2.24) is 0 Å². The van der Waals surface area contributed by atoms with Gasteiger partial charge in [0, 0.05) is 10.7 Å². The van der Waals surface area contributed by atoms with Crippen LogP contribution in [0.5, 0.6) is 5.75 Å². The molecule has 1 aliphatic rings. The molecule has 0 aliphatic carbocycles. The second kappa shape index (κ2) is 5.89. The number of hydrogen-bond donors (Lipinski definition) is 1. The number of amides is 1. The average Bonchev–Trinajstić information content (AvgIpc) is 2.52. The summed E-state index contributed by atoms with van der Waals surface area (Å²) in [5.74, 6) is 0.605. The molecule has 0 saturated carbocycles. The Labute approximate surface area is 134 Å².